The first kappa shape index (κ1) is 24.7. The Labute approximate surface area is 202 Å². The molecule has 1 unspecified atom stereocenters. The number of benzene rings is 2. The summed E-state index contributed by atoms with van der Waals surface area (Å²) in [6.07, 6.45) is 6.55. The van der Waals surface area contributed by atoms with Gasteiger partial charge in [-0.3, -0.25) is 9.69 Å². The Bertz CT molecular complexity index is 1100. The molecule has 1 aliphatic heterocycles. The number of hydrogen-bond donors (Lipinski definition) is 2. The molecule has 1 aliphatic carbocycles. The second-order valence-corrected chi connectivity index (χ2v) is 10.9. The molecular weight excluding hydrogens is 450 g/mol. The van der Waals surface area contributed by atoms with Crippen LogP contribution in [0.25, 0.3) is 0 Å². The normalized spacial score (nSPS) is 17.2. The van der Waals surface area contributed by atoms with E-state index in [0.29, 0.717) is 6.54 Å². The van der Waals surface area contributed by atoms with E-state index in [2.05, 4.69) is 14.9 Å². The highest BCUT2D eigenvalue weighted by Gasteiger charge is 2.26. The lowest BCUT2D eigenvalue weighted by Crippen LogP contribution is -2.38. The number of rotatable bonds is 10. The second kappa shape index (κ2) is 11.3. The molecule has 4 rings (SSSR count). The molecule has 0 saturated carbocycles. The largest absolute Gasteiger partial charge is 0.496 e. The van der Waals surface area contributed by atoms with Crippen LogP contribution >= 0.6 is 0 Å². The summed E-state index contributed by atoms with van der Waals surface area (Å²) in [5.41, 5.74) is 3.42. The predicted molar refractivity (Wildman–Crippen MR) is 132 cm³/mol. The lowest BCUT2D eigenvalue weighted by Gasteiger charge is -2.29. The summed E-state index contributed by atoms with van der Waals surface area (Å²) in [6, 6.07) is 13.3. The van der Waals surface area contributed by atoms with Crippen molar-refractivity contribution in [1.82, 2.24) is 14.9 Å². The maximum Gasteiger partial charge on any atom is 0.240 e. The van der Waals surface area contributed by atoms with Crippen molar-refractivity contribution in [3.63, 3.8) is 0 Å². The fraction of sp³-hybridized carbons (Fsp3) is 0.500. The Hall–Kier alpha value is -2.42. The summed E-state index contributed by atoms with van der Waals surface area (Å²) >= 11 is 0. The summed E-state index contributed by atoms with van der Waals surface area (Å²) in [6.45, 7) is 2.49. The summed E-state index contributed by atoms with van der Waals surface area (Å²) in [4.78, 5) is 15.2. The van der Waals surface area contributed by atoms with Crippen LogP contribution in [0.1, 0.15) is 54.8 Å². The fourth-order valence-electron chi connectivity index (χ4n) is 4.99. The van der Waals surface area contributed by atoms with Gasteiger partial charge in [-0.15, -0.1) is 0 Å². The van der Waals surface area contributed by atoms with Gasteiger partial charge >= 0.3 is 0 Å². The van der Waals surface area contributed by atoms with Crippen molar-refractivity contribution in [3.05, 3.63) is 59.2 Å². The van der Waals surface area contributed by atoms with E-state index in [-0.39, 0.29) is 29.8 Å². The van der Waals surface area contributed by atoms with Gasteiger partial charge in [0.15, 0.2) is 0 Å². The number of para-hydroxylation sites is 1. The Kier molecular flexibility index (Phi) is 8.24. The minimum atomic E-state index is -3.64. The molecule has 7 nitrogen and oxygen atoms in total. The van der Waals surface area contributed by atoms with Crippen LogP contribution < -0.4 is 14.8 Å². The van der Waals surface area contributed by atoms with Gasteiger partial charge < -0.3 is 10.1 Å². The second-order valence-electron chi connectivity index (χ2n) is 9.09. The molecule has 1 fully saturated rings. The van der Waals surface area contributed by atoms with Gasteiger partial charge in [0, 0.05) is 25.1 Å². The molecule has 1 saturated heterocycles. The third kappa shape index (κ3) is 5.98. The van der Waals surface area contributed by atoms with Crippen molar-refractivity contribution in [2.45, 2.75) is 55.9 Å². The zero-order chi connectivity index (χ0) is 24.0. The van der Waals surface area contributed by atoms with Gasteiger partial charge in [-0.1, -0.05) is 24.3 Å². The van der Waals surface area contributed by atoms with Crippen LogP contribution in [0.3, 0.4) is 0 Å². The van der Waals surface area contributed by atoms with Crippen LogP contribution in [0.5, 0.6) is 5.75 Å². The van der Waals surface area contributed by atoms with Crippen molar-refractivity contribution in [3.8, 4) is 5.75 Å². The summed E-state index contributed by atoms with van der Waals surface area (Å²) in [5.74, 6) is 0.638. The molecule has 0 bridgehead atoms. The summed E-state index contributed by atoms with van der Waals surface area (Å²) in [5, 5.41) is 3.01. The van der Waals surface area contributed by atoms with E-state index in [9.17, 15) is 13.2 Å². The molecule has 0 radical (unpaired) electrons. The van der Waals surface area contributed by atoms with Crippen molar-refractivity contribution >= 4 is 15.9 Å². The molecule has 1 heterocycles. The molecule has 0 spiro atoms. The number of likely N-dealkylation sites (tertiary alicyclic amines) is 1. The lowest BCUT2D eigenvalue weighted by atomic mass is 9.92. The van der Waals surface area contributed by atoms with Gasteiger partial charge in [0.1, 0.15) is 5.75 Å². The van der Waals surface area contributed by atoms with E-state index in [4.69, 9.17) is 4.74 Å². The van der Waals surface area contributed by atoms with Crippen molar-refractivity contribution < 1.29 is 17.9 Å². The number of fused-ring (bicyclic) bond motifs is 1. The minimum absolute atomic E-state index is 0.0230. The Morgan fingerprint density at radius 2 is 1.76 bits per heavy atom. The number of amides is 1. The molecule has 34 heavy (non-hydrogen) atoms. The molecule has 0 aromatic heterocycles. The third-order valence-electron chi connectivity index (χ3n) is 6.85. The maximum atomic E-state index is 12.7. The minimum Gasteiger partial charge on any atom is -0.496 e. The van der Waals surface area contributed by atoms with Crippen LogP contribution in [-0.4, -0.2) is 52.5 Å². The number of methoxy groups -OCH3 is 1. The van der Waals surface area contributed by atoms with Crippen molar-refractivity contribution in [2.24, 2.45) is 0 Å². The number of nitrogens with zero attached hydrogens (tertiary/aromatic N) is 1. The lowest BCUT2D eigenvalue weighted by molar-refractivity contribution is -0.121. The number of carbonyl (C=O) groups is 1. The van der Waals surface area contributed by atoms with Crippen LogP contribution in [0.4, 0.5) is 0 Å². The van der Waals surface area contributed by atoms with Gasteiger partial charge in [0.2, 0.25) is 15.9 Å². The SMILES string of the molecule is COc1ccccc1C(CNC(=O)CCNS(=O)(=O)c1ccc2c(c1)CCCC2)N1CCCC1. The molecule has 184 valence electrons. The maximum absolute atomic E-state index is 12.7. The van der Waals surface area contributed by atoms with Gasteiger partial charge in [0.25, 0.3) is 0 Å². The highest BCUT2D eigenvalue weighted by Crippen LogP contribution is 2.31. The van der Waals surface area contributed by atoms with Crippen LogP contribution in [0, 0.1) is 0 Å². The monoisotopic (exact) mass is 485 g/mol. The molecule has 1 amide bonds. The van der Waals surface area contributed by atoms with Crippen LogP contribution in [0.2, 0.25) is 0 Å². The van der Waals surface area contributed by atoms with Crippen LogP contribution in [0.15, 0.2) is 47.4 Å². The first-order valence-corrected chi connectivity index (χ1v) is 13.7. The van der Waals surface area contributed by atoms with Gasteiger partial charge in [0.05, 0.1) is 18.0 Å². The first-order chi connectivity index (χ1) is 16.5. The Morgan fingerprint density at radius 1 is 1.03 bits per heavy atom. The van der Waals surface area contributed by atoms with Gasteiger partial charge in [-0.25, -0.2) is 13.1 Å². The molecular formula is C26H35N3O4S. The van der Waals surface area contributed by atoms with Gasteiger partial charge in [-0.2, -0.15) is 0 Å². The molecule has 8 heteroatoms. The number of aryl methyl sites for hydroxylation is 2. The standard InChI is InChI=1S/C26H35N3O4S/c1-33-25-11-5-4-10-23(25)24(29-16-6-7-17-29)19-27-26(30)14-15-28-34(31,32)22-13-12-20-8-2-3-9-21(20)18-22/h4-5,10-13,18,24,28H,2-3,6-9,14-17,19H2,1H3,(H,27,30). The first-order valence-electron chi connectivity index (χ1n) is 12.2. The fourth-order valence-corrected chi connectivity index (χ4v) is 6.07. The smallest absolute Gasteiger partial charge is 0.240 e. The quantitative estimate of drug-likeness (QED) is 0.540. The van der Waals surface area contributed by atoms with E-state index < -0.39 is 10.0 Å². The van der Waals surface area contributed by atoms with E-state index in [1.165, 1.54) is 5.56 Å². The number of hydrogen-bond acceptors (Lipinski definition) is 5. The van der Waals surface area contributed by atoms with E-state index in [0.717, 1.165) is 68.5 Å². The zero-order valence-electron chi connectivity index (χ0n) is 19.9. The third-order valence-corrected chi connectivity index (χ3v) is 8.31. The van der Waals surface area contributed by atoms with E-state index >= 15 is 0 Å². The van der Waals surface area contributed by atoms with Crippen molar-refractivity contribution in [2.75, 3.05) is 33.3 Å². The van der Waals surface area contributed by atoms with E-state index in [1.54, 1.807) is 19.2 Å². The average Bonchev–Trinajstić information content (AvgIpc) is 3.39. The van der Waals surface area contributed by atoms with Crippen LogP contribution in [-0.2, 0) is 27.7 Å². The molecule has 2 aromatic carbocycles. The average molecular weight is 486 g/mol. The number of carbonyl (C=O) groups excluding carboxylic acids is 1. The number of sulfonamides is 1. The topological polar surface area (TPSA) is 87.7 Å². The highest BCUT2D eigenvalue weighted by molar-refractivity contribution is 7.89. The summed E-state index contributed by atoms with van der Waals surface area (Å²) < 4.78 is 33.6. The number of nitrogens with one attached hydrogen (secondary N) is 2. The van der Waals surface area contributed by atoms with Gasteiger partial charge in [-0.05, 0) is 80.9 Å². The van der Waals surface area contributed by atoms with Crippen molar-refractivity contribution in [1.29, 1.82) is 0 Å². The number of ether oxygens (including phenoxy) is 1. The molecule has 2 aromatic rings. The summed E-state index contributed by atoms with van der Waals surface area (Å²) in [7, 11) is -1.98. The molecule has 2 aliphatic rings. The highest BCUT2D eigenvalue weighted by atomic mass is 32.2. The Balaban J connectivity index is 1.32. The Morgan fingerprint density at radius 3 is 2.53 bits per heavy atom. The zero-order valence-corrected chi connectivity index (χ0v) is 20.7. The molecule has 2 N–H and O–H groups in total. The predicted octanol–water partition coefficient (Wildman–Crippen LogP) is 3.20. The van der Waals surface area contributed by atoms with E-state index in [1.807, 2.05) is 30.3 Å². The molecule has 1 atom stereocenters.